The van der Waals surface area contributed by atoms with E-state index < -0.39 is 77.0 Å². The summed E-state index contributed by atoms with van der Waals surface area (Å²) in [5.41, 5.74) is -2.76. The van der Waals surface area contributed by atoms with Gasteiger partial charge in [-0.1, -0.05) is 10.3 Å². The number of hydrogen-bond acceptors (Lipinski definition) is 14. The van der Waals surface area contributed by atoms with Gasteiger partial charge in [-0.05, 0) is 146 Å². The lowest BCUT2D eigenvalue weighted by atomic mass is 9.99. The van der Waals surface area contributed by atoms with Crippen molar-refractivity contribution in [1.29, 1.82) is 0 Å². The van der Waals surface area contributed by atoms with Crippen molar-refractivity contribution in [1.82, 2.24) is 20.3 Å². The lowest BCUT2D eigenvalue weighted by Crippen LogP contribution is -2.39. The van der Waals surface area contributed by atoms with Crippen LogP contribution in [0.3, 0.4) is 0 Å². The number of ether oxygens (including phenoxy) is 4. The van der Waals surface area contributed by atoms with Crippen LogP contribution in [0.5, 0.6) is 11.5 Å². The number of rotatable bonds is 13. The van der Waals surface area contributed by atoms with Crippen LogP contribution >= 0.6 is 0 Å². The minimum Gasteiger partial charge on any atom is -0.479 e. The van der Waals surface area contributed by atoms with Crippen LogP contribution in [0.4, 0.5) is 46.5 Å². The average molecular weight is 1010 g/mol. The van der Waals surface area contributed by atoms with Gasteiger partial charge in [0.25, 0.3) is 11.8 Å². The van der Waals surface area contributed by atoms with Crippen molar-refractivity contribution < 1.29 is 72.7 Å². The van der Waals surface area contributed by atoms with Gasteiger partial charge >= 0.3 is 30.6 Å². The Morgan fingerprint density at radius 3 is 1.54 bits per heavy atom. The molecule has 2 fully saturated rings. The molecule has 0 N–H and O–H groups in total. The number of nitrogens with zero attached hydrogens (tertiary/aromatic N) is 6. The van der Waals surface area contributed by atoms with Crippen LogP contribution in [0.2, 0.25) is 0 Å². The van der Waals surface area contributed by atoms with Gasteiger partial charge in [-0.25, -0.2) is 18.4 Å². The highest BCUT2D eigenvalue weighted by molar-refractivity contribution is 5.79. The molecule has 2 saturated heterocycles. The molecule has 2 aromatic heterocycles. The molecule has 0 aliphatic carbocycles. The monoisotopic (exact) mass is 1010 g/mol. The van der Waals surface area contributed by atoms with Crippen molar-refractivity contribution in [2.75, 3.05) is 29.5 Å². The highest BCUT2D eigenvalue weighted by Gasteiger charge is 2.39. The summed E-state index contributed by atoms with van der Waals surface area (Å²) < 4.78 is 149. The number of piperidine rings is 2. The van der Waals surface area contributed by atoms with Crippen LogP contribution in [-0.2, 0) is 31.4 Å². The van der Waals surface area contributed by atoms with Gasteiger partial charge in [-0.3, -0.25) is 0 Å². The smallest absolute Gasteiger partial charge is 0.418 e. The third kappa shape index (κ3) is 11.7. The number of carbonyl (C=O) groups excluding carboxylic acids is 2. The zero-order chi connectivity index (χ0) is 51.7. The lowest BCUT2D eigenvalue weighted by molar-refractivity contribution is -0.195. The number of carbonyl (C=O) groups is 2. The van der Waals surface area contributed by atoms with Gasteiger partial charge < -0.3 is 37.8 Å². The van der Waals surface area contributed by atoms with Crippen molar-refractivity contribution in [3.05, 3.63) is 95.6 Å². The first-order valence-corrected chi connectivity index (χ1v) is 23.0. The third-order valence-corrected chi connectivity index (χ3v) is 12.0. The Morgan fingerprint density at radius 1 is 0.653 bits per heavy atom. The number of halogens is 8. The second-order valence-corrected chi connectivity index (χ2v) is 18.4. The molecule has 22 heteroatoms. The second-order valence-electron chi connectivity index (χ2n) is 18.4. The molecular formula is C50H48F8N6O8. The van der Waals surface area contributed by atoms with Crippen molar-refractivity contribution in [2.24, 2.45) is 0 Å². The molecule has 3 unspecified atom stereocenters. The van der Waals surface area contributed by atoms with Gasteiger partial charge in [0.2, 0.25) is 11.6 Å². The molecule has 0 saturated carbocycles. The summed E-state index contributed by atoms with van der Waals surface area (Å²) in [4.78, 5) is 38.0. The minimum absolute atomic E-state index is 0.00351. The summed E-state index contributed by atoms with van der Waals surface area (Å²) in [6.45, 7) is 8.24. The van der Waals surface area contributed by atoms with E-state index in [4.69, 9.17) is 28.0 Å². The molecule has 3 atom stereocenters. The molecule has 14 nitrogen and oxygen atoms in total. The van der Waals surface area contributed by atoms with Crippen LogP contribution in [0.1, 0.15) is 84.3 Å². The topological polar surface area (TPSA) is 155 Å². The summed E-state index contributed by atoms with van der Waals surface area (Å²) in [5.74, 6) is -6.61. The van der Waals surface area contributed by atoms with Crippen LogP contribution in [0, 0.1) is 11.6 Å². The third-order valence-electron chi connectivity index (χ3n) is 12.0. The molecule has 382 valence electrons. The maximum atomic E-state index is 15.7. The first-order chi connectivity index (χ1) is 34.0. The molecule has 4 aromatic carbocycles. The van der Waals surface area contributed by atoms with Crippen molar-refractivity contribution in [3.63, 3.8) is 0 Å². The molecule has 0 radical (unpaired) electrons. The first kappa shape index (κ1) is 51.1. The normalized spacial score (nSPS) is 17.1. The van der Waals surface area contributed by atoms with Gasteiger partial charge in [-0.2, -0.15) is 36.3 Å². The number of anilines is 2. The Labute approximate surface area is 407 Å². The number of alkyl halides is 6. The molecule has 2 aliphatic heterocycles. The van der Waals surface area contributed by atoms with E-state index in [0.29, 0.717) is 13.1 Å². The standard InChI is InChI=1S/C50H48F8N6O8/c1-27-10-6-8-20-63(27)37-16-12-31(22-33(37)49(53,54)55)44-59-42(61-71-44)29-14-18-39(35(51)24-29)67-26-41(65)69-47(46(66)70-48(3,4)5)68-40-19-15-30(25-36(40)52)43-60-45(72-62-43)32-13-17-38(34(23-32)50(56,57)58)64-21-9-7-11-28(64)2/h12-19,22-25,27-28,47H,6-11,20-21,26H2,1-5H3. The summed E-state index contributed by atoms with van der Waals surface area (Å²) in [6, 6.07) is 13.8. The fourth-order valence-electron chi connectivity index (χ4n) is 8.49. The zero-order valence-electron chi connectivity index (χ0n) is 39.5. The lowest BCUT2D eigenvalue weighted by Gasteiger charge is -2.37. The van der Waals surface area contributed by atoms with E-state index in [1.54, 1.807) is 9.80 Å². The molecule has 2 aliphatic rings. The molecule has 0 amide bonds. The Balaban J connectivity index is 0.926. The highest BCUT2D eigenvalue weighted by Crippen LogP contribution is 2.43. The predicted molar refractivity (Wildman–Crippen MR) is 243 cm³/mol. The van der Waals surface area contributed by atoms with Crippen LogP contribution in [0.25, 0.3) is 45.7 Å². The summed E-state index contributed by atoms with van der Waals surface area (Å²) in [6.07, 6.45) is -6.71. The molecule has 0 bridgehead atoms. The van der Waals surface area contributed by atoms with E-state index in [0.717, 1.165) is 74.9 Å². The first-order valence-electron chi connectivity index (χ1n) is 23.0. The number of hydrogen-bond donors (Lipinski definition) is 0. The number of esters is 2. The maximum Gasteiger partial charge on any atom is 0.418 e. The van der Waals surface area contributed by atoms with Crippen molar-refractivity contribution in [3.8, 4) is 57.2 Å². The average Bonchev–Trinajstić information content (AvgIpc) is 4.02. The largest absolute Gasteiger partial charge is 0.479 e. The number of aromatic nitrogens is 4. The summed E-state index contributed by atoms with van der Waals surface area (Å²) in [5, 5.41) is 7.63. The van der Waals surface area contributed by atoms with Gasteiger partial charge in [0, 0.05) is 58.8 Å². The van der Waals surface area contributed by atoms with Crippen LogP contribution in [0.15, 0.2) is 81.8 Å². The highest BCUT2D eigenvalue weighted by atomic mass is 19.4. The summed E-state index contributed by atoms with van der Waals surface area (Å²) in [7, 11) is 0. The van der Waals surface area contributed by atoms with Crippen molar-refractivity contribution in [2.45, 2.75) is 109 Å². The molecular weight excluding hydrogens is 965 g/mol. The second kappa shape index (κ2) is 20.5. The fraction of sp³-hybridized carbons (Fsp3) is 0.400. The molecule has 6 aromatic rings. The zero-order valence-corrected chi connectivity index (χ0v) is 39.5. The van der Waals surface area contributed by atoms with Gasteiger partial charge in [0.15, 0.2) is 29.7 Å². The minimum atomic E-state index is -4.69. The molecule has 72 heavy (non-hydrogen) atoms. The maximum absolute atomic E-state index is 15.7. The van der Waals surface area contributed by atoms with Gasteiger partial charge in [0.05, 0.1) is 11.1 Å². The quantitative estimate of drug-likeness (QED) is 0.0612. The van der Waals surface area contributed by atoms with E-state index in [-0.39, 0.29) is 69.1 Å². The Hall–Kier alpha value is -7.26. The Kier molecular flexibility index (Phi) is 14.5. The Morgan fingerprint density at radius 2 is 1.11 bits per heavy atom. The van der Waals surface area contributed by atoms with Gasteiger partial charge in [0.1, 0.15) is 5.60 Å². The number of benzene rings is 4. The van der Waals surface area contributed by atoms with E-state index in [9.17, 15) is 35.9 Å². The summed E-state index contributed by atoms with van der Waals surface area (Å²) >= 11 is 0. The van der Waals surface area contributed by atoms with Gasteiger partial charge in [-0.15, -0.1) is 0 Å². The van der Waals surface area contributed by atoms with Crippen LogP contribution in [-0.4, -0.2) is 75.9 Å². The van der Waals surface area contributed by atoms with E-state index >= 15 is 8.78 Å². The van der Waals surface area contributed by atoms with E-state index in [1.165, 1.54) is 57.2 Å². The van der Waals surface area contributed by atoms with Crippen molar-refractivity contribution >= 4 is 23.3 Å². The Bertz CT molecular complexity index is 2930. The van der Waals surface area contributed by atoms with E-state index in [2.05, 4.69) is 20.3 Å². The SMILES string of the molecule is CC1CCCCN1c1ccc(-c2nc(-c3ccc(OCC(=O)OC(Oc4ccc(-c5noc(-c6ccc(N7CCCCC7C)c(C(F)(F)F)c6)n5)cc4F)C(=O)OC(C)(C)C)c(F)c3)no2)cc1C(F)(F)F. The van der Waals surface area contributed by atoms with E-state index in [1.807, 2.05) is 13.8 Å². The van der Waals surface area contributed by atoms with Crippen LogP contribution < -0.4 is 19.3 Å². The predicted octanol–water partition coefficient (Wildman–Crippen LogP) is 11.9. The fourth-order valence-corrected chi connectivity index (χ4v) is 8.49. The molecule has 8 rings (SSSR count). The molecule has 0 spiro atoms. The molecule has 4 heterocycles.